The summed E-state index contributed by atoms with van der Waals surface area (Å²) in [5, 5.41) is 2.90. The Kier molecular flexibility index (Phi) is 6.58. The Labute approximate surface area is 140 Å². The molecule has 23 heavy (non-hydrogen) atoms. The number of benzene rings is 1. The monoisotopic (exact) mass is 334 g/mol. The third-order valence-electron chi connectivity index (χ3n) is 3.51. The van der Waals surface area contributed by atoms with Gasteiger partial charge in [-0.2, -0.15) is 0 Å². The molecule has 0 radical (unpaired) electrons. The Morgan fingerprint density at radius 3 is 2.57 bits per heavy atom. The molecule has 0 fully saturated rings. The van der Waals surface area contributed by atoms with Gasteiger partial charge >= 0.3 is 0 Å². The van der Waals surface area contributed by atoms with Crippen molar-refractivity contribution in [1.82, 2.24) is 5.32 Å². The zero-order chi connectivity index (χ0) is 16.7. The van der Waals surface area contributed by atoms with Crippen molar-refractivity contribution in [3.63, 3.8) is 0 Å². The van der Waals surface area contributed by atoms with Crippen molar-refractivity contribution in [3.05, 3.63) is 41.3 Å². The predicted molar refractivity (Wildman–Crippen MR) is 92.6 cm³/mol. The molecule has 1 amide bonds. The second kappa shape index (κ2) is 8.67. The molecule has 1 aromatic heterocycles. The van der Waals surface area contributed by atoms with Crippen LogP contribution in [0, 0.1) is 0 Å². The van der Waals surface area contributed by atoms with E-state index in [1.807, 2.05) is 30.3 Å². The number of nitrogens with one attached hydrogen (secondary N) is 1. The second-order valence-corrected chi connectivity index (χ2v) is 6.24. The van der Waals surface area contributed by atoms with Crippen molar-refractivity contribution in [2.45, 2.75) is 19.1 Å². The lowest BCUT2D eigenvalue weighted by Gasteiger charge is -2.12. The van der Waals surface area contributed by atoms with Crippen LogP contribution in [0.4, 0.5) is 0 Å². The average Bonchev–Trinajstić information content (AvgIpc) is 3.07. The first-order valence-electron chi connectivity index (χ1n) is 7.39. The summed E-state index contributed by atoms with van der Waals surface area (Å²) in [5.74, 6) is 0.784. The summed E-state index contributed by atoms with van der Waals surface area (Å²) < 4.78 is 10.3. The van der Waals surface area contributed by atoms with Crippen molar-refractivity contribution in [1.29, 1.82) is 0 Å². The van der Waals surface area contributed by atoms with Gasteiger partial charge in [-0.3, -0.25) is 4.79 Å². The minimum absolute atomic E-state index is 0.0540. The number of amides is 1. The summed E-state index contributed by atoms with van der Waals surface area (Å²) in [6.45, 7) is 0.852. The minimum atomic E-state index is -0.229. The third-order valence-corrected chi connectivity index (χ3v) is 4.64. The number of hydrogen-bond donors (Lipinski definition) is 2. The van der Waals surface area contributed by atoms with Gasteiger partial charge < -0.3 is 20.5 Å². The first-order valence-corrected chi connectivity index (χ1v) is 8.20. The largest absolute Gasteiger partial charge is 0.497 e. The van der Waals surface area contributed by atoms with Gasteiger partial charge in [0, 0.05) is 23.4 Å². The van der Waals surface area contributed by atoms with E-state index in [0.29, 0.717) is 13.1 Å². The van der Waals surface area contributed by atoms with Crippen molar-refractivity contribution >= 4 is 17.2 Å². The normalized spacial score (nSPS) is 12.0. The molecule has 1 heterocycles. The van der Waals surface area contributed by atoms with E-state index in [1.165, 1.54) is 0 Å². The fourth-order valence-electron chi connectivity index (χ4n) is 2.11. The highest BCUT2D eigenvalue weighted by Crippen LogP contribution is 2.29. The molecule has 5 nitrogen and oxygen atoms in total. The molecule has 0 aliphatic carbocycles. The van der Waals surface area contributed by atoms with Gasteiger partial charge in [-0.25, -0.2) is 0 Å². The molecule has 3 N–H and O–H groups in total. The van der Waals surface area contributed by atoms with Crippen LogP contribution < -0.4 is 15.8 Å². The van der Waals surface area contributed by atoms with E-state index in [9.17, 15) is 4.79 Å². The van der Waals surface area contributed by atoms with Crippen LogP contribution in [0.2, 0.25) is 0 Å². The quantitative estimate of drug-likeness (QED) is 0.777. The molecule has 1 unspecified atom stereocenters. The lowest BCUT2D eigenvalue weighted by atomic mass is 10.2. The number of nitrogens with two attached hydrogens (primary N) is 1. The van der Waals surface area contributed by atoms with E-state index >= 15 is 0 Å². The fraction of sp³-hybridized carbons (Fsp3) is 0.353. The maximum atomic E-state index is 11.8. The van der Waals surface area contributed by atoms with Crippen LogP contribution in [0.5, 0.6) is 5.75 Å². The molecule has 1 aromatic carbocycles. The predicted octanol–water partition coefficient (Wildman–Crippen LogP) is 2.40. The van der Waals surface area contributed by atoms with Gasteiger partial charge in [0.1, 0.15) is 5.75 Å². The SMILES string of the molecule is COc1ccc(-c2ccc(CNC(=O)CC(CN)OC)s2)cc1. The minimum Gasteiger partial charge on any atom is -0.497 e. The first-order chi connectivity index (χ1) is 11.2. The molecule has 0 aliphatic heterocycles. The number of methoxy groups -OCH3 is 2. The molecule has 0 spiro atoms. The summed E-state index contributed by atoms with van der Waals surface area (Å²) in [5.41, 5.74) is 6.65. The molecule has 2 rings (SSSR count). The fourth-order valence-corrected chi connectivity index (χ4v) is 3.06. The summed E-state index contributed by atoms with van der Waals surface area (Å²) >= 11 is 1.66. The van der Waals surface area contributed by atoms with Crippen molar-refractivity contribution < 1.29 is 14.3 Å². The van der Waals surface area contributed by atoms with E-state index in [-0.39, 0.29) is 18.4 Å². The summed E-state index contributed by atoms with van der Waals surface area (Å²) in [6.07, 6.45) is 0.0529. The Morgan fingerprint density at radius 1 is 1.22 bits per heavy atom. The van der Waals surface area contributed by atoms with Crippen molar-refractivity contribution in [3.8, 4) is 16.2 Å². The molecule has 124 valence electrons. The number of thiophene rings is 1. The molecule has 0 aliphatic rings. The van der Waals surface area contributed by atoms with Gasteiger partial charge in [-0.05, 0) is 42.0 Å². The van der Waals surface area contributed by atoms with E-state index in [4.69, 9.17) is 15.2 Å². The van der Waals surface area contributed by atoms with Gasteiger partial charge in [0.25, 0.3) is 0 Å². The van der Waals surface area contributed by atoms with Crippen LogP contribution in [0.15, 0.2) is 36.4 Å². The lowest BCUT2D eigenvalue weighted by molar-refractivity contribution is -0.123. The Balaban J connectivity index is 1.90. The number of carbonyl (C=O) groups is 1. The molecule has 0 saturated carbocycles. The highest BCUT2D eigenvalue weighted by atomic mass is 32.1. The first kappa shape index (κ1) is 17.5. The maximum absolute atomic E-state index is 11.8. The zero-order valence-corrected chi connectivity index (χ0v) is 14.2. The lowest BCUT2D eigenvalue weighted by Crippen LogP contribution is -2.31. The van der Waals surface area contributed by atoms with E-state index < -0.39 is 0 Å². The average molecular weight is 334 g/mol. The number of ether oxygens (including phenoxy) is 2. The van der Waals surface area contributed by atoms with Gasteiger partial charge in [0.2, 0.25) is 5.91 Å². The van der Waals surface area contributed by atoms with Crippen LogP contribution in [0.3, 0.4) is 0 Å². The molecular weight excluding hydrogens is 312 g/mol. The number of carbonyl (C=O) groups excluding carboxylic acids is 1. The van der Waals surface area contributed by atoms with E-state index in [1.54, 1.807) is 25.6 Å². The molecular formula is C17H22N2O3S. The Morgan fingerprint density at radius 2 is 1.96 bits per heavy atom. The maximum Gasteiger partial charge on any atom is 0.222 e. The highest BCUT2D eigenvalue weighted by Gasteiger charge is 2.11. The van der Waals surface area contributed by atoms with Crippen LogP contribution in [0.25, 0.3) is 10.4 Å². The molecule has 0 bridgehead atoms. The number of rotatable bonds is 8. The van der Waals surface area contributed by atoms with E-state index in [0.717, 1.165) is 21.1 Å². The van der Waals surface area contributed by atoms with Crippen molar-refractivity contribution in [2.24, 2.45) is 5.73 Å². The van der Waals surface area contributed by atoms with E-state index in [2.05, 4.69) is 11.4 Å². The van der Waals surface area contributed by atoms with Crippen LogP contribution in [-0.2, 0) is 16.1 Å². The zero-order valence-electron chi connectivity index (χ0n) is 13.4. The molecule has 2 aromatic rings. The van der Waals surface area contributed by atoms with Crippen LogP contribution in [-0.4, -0.2) is 32.8 Å². The second-order valence-electron chi connectivity index (χ2n) is 5.07. The van der Waals surface area contributed by atoms with Crippen LogP contribution >= 0.6 is 11.3 Å². The van der Waals surface area contributed by atoms with Gasteiger partial charge in [0.05, 0.1) is 26.2 Å². The Hall–Kier alpha value is -1.89. The topological polar surface area (TPSA) is 73.6 Å². The number of hydrogen-bond acceptors (Lipinski definition) is 5. The summed E-state index contributed by atoms with van der Waals surface area (Å²) in [4.78, 5) is 14.1. The van der Waals surface area contributed by atoms with Crippen LogP contribution in [0.1, 0.15) is 11.3 Å². The molecule has 6 heteroatoms. The standard InChI is InChI=1S/C17H22N2O3S/c1-21-13-5-3-12(4-6-13)16-8-7-15(23-16)11-19-17(20)9-14(10-18)22-2/h3-8,14H,9-11,18H2,1-2H3,(H,19,20). The highest BCUT2D eigenvalue weighted by molar-refractivity contribution is 7.15. The Bertz CT molecular complexity index is 621. The molecule has 0 saturated heterocycles. The molecule has 1 atom stereocenters. The third kappa shape index (κ3) is 5.06. The van der Waals surface area contributed by atoms with Gasteiger partial charge in [-0.15, -0.1) is 11.3 Å². The summed E-state index contributed by atoms with van der Waals surface area (Å²) in [6, 6.07) is 12.0. The van der Waals surface area contributed by atoms with Gasteiger partial charge in [-0.1, -0.05) is 0 Å². The smallest absolute Gasteiger partial charge is 0.222 e. The van der Waals surface area contributed by atoms with Gasteiger partial charge in [0.15, 0.2) is 0 Å². The summed E-state index contributed by atoms with van der Waals surface area (Å²) in [7, 11) is 3.21. The van der Waals surface area contributed by atoms with Crippen molar-refractivity contribution in [2.75, 3.05) is 20.8 Å².